The molecule has 2 rings (SSSR count). The minimum absolute atomic E-state index is 0.000628. The first kappa shape index (κ1) is 16.6. The van der Waals surface area contributed by atoms with Crippen molar-refractivity contribution < 1.29 is 9.59 Å². The molecule has 0 aliphatic heterocycles. The van der Waals surface area contributed by atoms with E-state index in [2.05, 4.69) is 20.8 Å². The van der Waals surface area contributed by atoms with Gasteiger partial charge in [-0.15, -0.1) is 5.10 Å². The molecule has 122 valence electrons. The Hall–Kier alpha value is -2.77. The average molecular weight is 316 g/mol. The van der Waals surface area contributed by atoms with Gasteiger partial charge in [0, 0.05) is 12.7 Å². The Morgan fingerprint density at radius 2 is 1.87 bits per heavy atom. The minimum atomic E-state index is -0.246. The number of likely N-dealkylation sites (N-methyl/N-ethyl adjacent to an activating group) is 1. The number of amides is 2. The summed E-state index contributed by atoms with van der Waals surface area (Å²) in [7, 11) is 1.57. The van der Waals surface area contributed by atoms with Crippen LogP contribution in [0.15, 0.2) is 18.5 Å². The van der Waals surface area contributed by atoms with E-state index < -0.39 is 0 Å². The molecule has 0 radical (unpaired) electrons. The largest absolute Gasteiger partial charge is 0.335 e. The number of aryl methyl sites for hydroxylation is 3. The van der Waals surface area contributed by atoms with Crippen LogP contribution in [0.4, 0.5) is 5.69 Å². The van der Waals surface area contributed by atoms with Crippen molar-refractivity contribution in [3.63, 3.8) is 0 Å². The molecule has 1 aromatic heterocycles. The molecule has 0 aliphatic carbocycles. The van der Waals surface area contributed by atoms with Crippen molar-refractivity contribution in [2.24, 2.45) is 0 Å². The average Bonchev–Trinajstić information content (AvgIpc) is 2.95. The summed E-state index contributed by atoms with van der Waals surface area (Å²) in [5.74, 6) is -0.489. The predicted octanol–water partition coefficient (Wildman–Crippen LogP) is 0.695. The Morgan fingerprint density at radius 1 is 1.22 bits per heavy atom. The maximum absolute atomic E-state index is 12.2. The van der Waals surface area contributed by atoms with Crippen LogP contribution in [0.5, 0.6) is 0 Å². The summed E-state index contributed by atoms with van der Waals surface area (Å²) < 4.78 is 1.31. The fraction of sp³-hybridized carbons (Fsp3) is 0.400. The van der Waals surface area contributed by atoms with Gasteiger partial charge in [0.2, 0.25) is 11.8 Å². The van der Waals surface area contributed by atoms with Gasteiger partial charge in [-0.3, -0.25) is 9.59 Å². The van der Waals surface area contributed by atoms with Crippen LogP contribution in [-0.2, 0) is 16.1 Å². The summed E-state index contributed by atoms with van der Waals surface area (Å²) in [6.45, 7) is 5.87. The Labute approximate surface area is 134 Å². The fourth-order valence-electron chi connectivity index (χ4n) is 2.37. The quantitative estimate of drug-likeness (QED) is 0.876. The second kappa shape index (κ2) is 6.99. The van der Waals surface area contributed by atoms with Crippen molar-refractivity contribution >= 4 is 17.5 Å². The number of rotatable bonds is 5. The van der Waals surface area contributed by atoms with Crippen LogP contribution in [0.25, 0.3) is 0 Å². The van der Waals surface area contributed by atoms with Crippen molar-refractivity contribution in [3.8, 4) is 0 Å². The molecule has 8 heteroatoms. The number of benzene rings is 1. The SMILES string of the molecule is Cc1cc(C)c(NC(=O)CN(C)C(=O)Cn2cnnn2)c(C)c1. The summed E-state index contributed by atoms with van der Waals surface area (Å²) in [6, 6.07) is 4.02. The maximum Gasteiger partial charge on any atom is 0.244 e. The first-order valence-electron chi connectivity index (χ1n) is 7.19. The molecule has 0 unspecified atom stereocenters. The van der Waals surface area contributed by atoms with Crippen molar-refractivity contribution in [1.82, 2.24) is 25.1 Å². The van der Waals surface area contributed by atoms with E-state index in [1.807, 2.05) is 32.9 Å². The maximum atomic E-state index is 12.2. The highest BCUT2D eigenvalue weighted by molar-refractivity contribution is 5.95. The summed E-state index contributed by atoms with van der Waals surface area (Å²) in [5, 5.41) is 13.4. The molecule has 23 heavy (non-hydrogen) atoms. The smallest absolute Gasteiger partial charge is 0.244 e. The van der Waals surface area contributed by atoms with E-state index in [1.165, 1.54) is 15.9 Å². The van der Waals surface area contributed by atoms with Gasteiger partial charge in [-0.25, -0.2) is 4.68 Å². The lowest BCUT2D eigenvalue weighted by atomic mass is 10.1. The first-order valence-corrected chi connectivity index (χ1v) is 7.19. The number of hydrogen-bond acceptors (Lipinski definition) is 5. The Morgan fingerprint density at radius 3 is 2.43 bits per heavy atom. The topological polar surface area (TPSA) is 93.0 Å². The number of nitrogens with one attached hydrogen (secondary N) is 1. The van der Waals surface area contributed by atoms with E-state index in [0.717, 1.165) is 22.4 Å². The molecule has 2 aromatic rings. The molecule has 1 heterocycles. The third-order valence-electron chi connectivity index (χ3n) is 3.44. The van der Waals surface area contributed by atoms with Gasteiger partial charge >= 0.3 is 0 Å². The number of carbonyl (C=O) groups is 2. The monoisotopic (exact) mass is 316 g/mol. The van der Waals surface area contributed by atoms with Gasteiger partial charge in [0.05, 0.1) is 6.54 Å². The lowest BCUT2D eigenvalue weighted by Gasteiger charge is -2.18. The Bertz CT molecular complexity index is 688. The number of nitrogens with zero attached hydrogens (tertiary/aromatic N) is 5. The van der Waals surface area contributed by atoms with E-state index >= 15 is 0 Å². The predicted molar refractivity (Wildman–Crippen MR) is 84.7 cm³/mol. The fourth-order valence-corrected chi connectivity index (χ4v) is 2.37. The van der Waals surface area contributed by atoms with Gasteiger partial charge in [-0.2, -0.15) is 0 Å². The number of carbonyl (C=O) groups excluding carboxylic acids is 2. The molecule has 2 amide bonds. The highest BCUT2D eigenvalue weighted by Gasteiger charge is 2.15. The van der Waals surface area contributed by atoms with Gasteiger partial charge in [0.25, 0.3) is 0 Å². The zero-order valence-electron chi connectivity index (χ0n) is 13.7. The lowest BCUT2D eigenvalue weighted by molar-refractivity contribution is -0.134. The Kier molecular flexibility index (Phi) is 5.05. The van der Waals surface area contributed by atoms with E-state index in [9.17, 15) is 9.59 Å². The number of tetrazole rings is 1. The molecule has 0 bridgehead atoms. The molecule has 8 nitrogen and oxygen atoms in total. The van der Waals surface area contributed by atoms with Crippen molar-refractivity contribution in [2.75, 3.05) is 18.9 Å². The van der Waals surface area contributed by atoms with E-state index in [-0.39, 0.29) is 24.9 Å². The molecule has 0 saturated heterocycles. The normalized spacial score (nSPS) is 10.4. The molecule has 0 fully saturated rings. The van der Waals surface area contributed by atoms with Crippen LogP contribution in [0, 0.1) is 20.8 Å². The number of aromatic nitrogens is 4. The highest BCUT2D eigenvalue weighted by atomic mass is 16.2. The number of hydrogen-bond donors (Lipinski definition) is 1. The molecule has 0 atom stereocenters. The summed E-state index contributed by atoms with van der Waals surface area (Å²) in [6.07, 6.45) is 1.35. The van der Waals surface area contributed by atoms with Gasteiger partial charge in [-0.05, 0) is 42.3 Å². The van der Waals surface area contributed by atoms with Gasteiger partial charge in [0.1, 0.15) is 12.9 Å². The van der Waals surface area contributed by atoms with E-state index in [0.29, 0.717) is 0 Å². The van der Waals surface area contributed by atoms with Crippen LogP contribution in [-0.4, -0.2) is 50.5 Å². The molecule has 0 saturated carbocycles. The van der Waals surface area contributed by atoms with Gasteiger partial charge in [-0.1, -0.05) is 17.7 Å². The standard InChI is InChI=1S/C15H20N6O2/c1-10-5-11(2)15(12(3)6-10)17-13(22)7-20(4)14(23)8-21-9-16-18-19-21/h5-6,9H,7-8H2,1-4H3,(H,17,22). The van der Waals surface area contributed by atoms with Crippen molar-refractivity contribution in [1.29, 1.82) is 0 Å². The van der Waals surface area contributed by atoms with Crippen molar-refractivity contribution in [2.45, 2.75) is 27.3 Å². The summed E-state index contributed by atoms with van der Waals surface area (Å²) in [4.78, 5) is 25.5. The molecular formula is C15H20N6O2. The van der Waals surface area contributed by atoms with Crippen molar-refractivity contribution in [3.05, 3.63) is 35.2 Å². The van der Waals surface area contributed by atoms with Gasteiger partial charge in [0.15, 0.2) is 0 Å². The third kappa shape index (κ3) is 4.35. The number of anilines is 1. The van der Waals surface area contributed by atoms with Crippen LogP contribution in [0.1, 0.15) is 16.7 Å². The molecule has 0 aliphatic rings. The van der Waals surface area contributed by atoms with E-state index in [1.54, 1.807) is 7.05 Å². The second-order valence-corrected chi connectivity index (χ2v) is 5.58. The van der Waals surface area contributed by atoms with Crippen LogP contribution in [0.3, 0.4) is 0 Å². The summed E-state index contributed by atoms with van der Waals surface area (Å²) >= 11 is 0. The first-order chi connectivity index (χ1) is 10.9. The molecular weight excluding hydrogens is 296 g/mol. The summed E-state index contributed by atoms with van der Waals surface area (Å²) in [5.41, 5.74) is 3.94. The molecule has 1 N–H and O–H groups in total. The van der Waals surface area contributed by atoms with Gasteiger partial charge < -0.3 is 10.2 Å². The van der Waals surface area contributed by atoms with Crippen LogP contribution in [0.2, 0.25) is 0 Å². The third-order valence-corrected chi connectivity index (χ3v) is 3.44. The minimum Gasteiger partial charge on any atom is -0.335 e. The second-order valence-electron chi connectivity index (χ2n) is 5.58. The van der Waals surface area contributed by atoms with Crippen LogP contribution >= 0.6 is 0 Å². The molecule has 1 aromatic carbocycles. The highest BCUT2D eigenvalue weighted by Crippen LogP contribution is 2.21. The zero-order chi connectivity index (χ0) is 17.0. The zero-order valence-corrected chi connectivity index (χ0v) is 13.7. The van der Waals surface area contributed by atoms with E-state index in [4.69, 9.17) is 0 Å². The Balaban J connectivity index is 1.95. The lowest BCUT2D eigenvalue weighted by Crippen LogP contribution is -2.37. The molecule has 0 spiro atoms. The van der Waals surface area contributed by atoms with Crippen LogP contribution < -0.4 is 5.32 Å².